The van der Waals surface area contributed by atoms with Crippen LogP contribution in [0, 0.1) is 0 Å². The summed E-state index contributed by atoms with van der Waals surface area (Å²) < 4.78 is 10.6. The molecule has 1 unspecified atom stereocenters. The Morgan fingerprint density at radius 3 is 2.82 bits per heavy atom. The molecule has 0 aliphatic carbocycles. The van der Waals surface area contributed by atoms with Crippen LogP contribution in [-0.4, -0.2) is 60.6 Å². The first-order chi connectivity index (χ1) is 13.7. The average Bonchev–Trinajstić information content (AvgIpc) is 3.44. The molecular weight excluding hydrogens is 360 g/mol. The predicted molar refractivity (Wildman–Crippen MR) is 102 cm³/mol. The van der Waals surface area contributed by atoms with E-state index in [4.69, 9.17) is 9.15 Å². The predicted octanol–water partition coefficient (Wildman–Crippen LogP) is 1.43. The van der Waals surface area contributed by atoms with Crippen LogP contribution in [0.25, 0.3) is 0 Å². The van der Waals surface area contributed by atoms with E-state index in [1.54, 1.807) is 23.2 Å². The van der Waals surface area contributed by atoms with Crippen LogP contribution in [-0.2, 0) is 16.1 Å². The summed E-state index contributed by atoms with van der Waals surface area (Å²) in [4.78, 5) is 33.7. The van der Waals surface area contributed by atoms with Crippen molar-refractivity contribution in [3.8, 4) is 0 Å². The fourth-order valence-electron chi connectivity index (χ4n) is 3.75. The SMILES string of the molecule is O=C(NCc1cccnc1N1CCOCC1)C1CCCN1C(=O)c1ccco1. The first-order valence-corrected chi connectivity index (χ1v) is 9.63. The number of pyridine rings is 1. The van der Waals surface area contributed by atoms with Crippen molar-refractivity contribution >= 4 is 17.6 Å². The van der Waals surface area contributed by atoms with Gasteiger partial charge in [-0.2, -0.15) is 0 Å². The molecule has 148 valence electrons. The van der Waals surface area contributed by atoms with E-state index < -0.39 is 6.04 Å². The second-order valence-corrected chi connectivity index (χ2v) is 6.94. The molecular formula is C20H24N4O4. The summed E-state index contributed by atoms with van der Waals surface area (Å²) in [6.45, 7) is 3.85. The Morgan fingerprint density at radius 2 is 2.04 bits per heavy atom. The summed E-state index contributed by atoms with van der Waals surface area (Å²) in [5, 5.41) is 2.99. The molecule has 2 aromatic rings. The largest absolute Gasteiger partial charge is 0.459 e. The fourth-order valence-corrected chi connectivity index (χ4v) is 3.75. The van der Waals surface area contributed by atoms with Crippen molar-refractivity contribution in [1.82, 2.24) is 15.2 Å². The number of amides is 2. The van der Waals surface area contributed by atoms with Crippen LogP contribution in [0.4, 0.5) is 5.82 Å². The van der Waals surface area contributed by atoms with E-state index in [9.17, 15) is 9.59 Å². The maximum absolute atomic E-state index is 12.8. The molecule has 2 aliphatic rings. The molecule has 0 radical (unpaired) electrons. The van der Waals surface area contributed by atoms with Crippen LogP contribution in [0.3, 0.4) is 0 Å². The minimum Gasteiger partial charge on any atom is -0.459 e. The maximum Gasteiger partial charge on any atom is 0.290 e. The minimum atomic E-state index is -0.471. The van der Waals surface area contributed by atoms with Crippen molar-refractivity contribution in [1.29, 1.82) is 0 Å². The van der Waals surface area contributed by atoms with Gasteiger partial charge in [-0.15, -0.1) is 0 Å². The third kappa shape index (κ3) is 3.87. The van der Waals surface area contributed by atoms with Crippen LogP contribution in [0.5, 0.6) is 0 Å². The lowest BCUT2D eigenvalue weighted by Crippen LogP contribution is -2.45. The number of anilines is 1. The van der Waals surface area contributed by atoms with Crippen LogP contribution >= 0.6 is 0 Å². The highest BCUT2D eigenvalue weighted by molar-refractivity contribution is 5.96. The molecule has 2 aliphatic heterocycles. The third-order valence-corrected chi connectivity index (χ3v) is 5.18. The molecule has 2 fully saturated rings. The molecule has 0 bridgehead atoms. The van der Waals surface area contributed by atoms with Crippen molar-refractivity contribution in [2.75, 3.05) is 37.7 Å². The van der Waals surface area contributed by atoms with E-state index in [0.29, 0.717) is 32.7 Å². The molecule has 2 amide bonds. The number of ether oxygens (including phenoxy) is 1. The monoisotopic (exact) mass is 384 g/mol. The molecule has 0 aromatic carbocycles. The molecule has 1 N–H and O–H groups in total. The lowest BCUT2D eigenvalue weighted by atomic mass is 10.2. The van der Waals surface area contributed by atoms with Crippen molar-refractivity contribution < 1.29 is 18.7 Å². The molecule has 4 heterocycles. The topological polar surface area (TPSA) is 87.9 Å². The molecule has 8 heteroatoms. The summed E-state index contributed by atoms with van der Waals surface area (Å²) in [5.41, 5.74) is 0.958. The molecule has 0 spiro atoms. The molecule has 8 nitrogen and oxygen atoms in total. The average molecular weight is 384 g/mol. The number of likely N-dealkylation sites (tertiary alicyclic amines) is 1. The van der Waals surface area contributed by atoms with Gasteiger partial charge in [0.1, 0.15) is 11.9 Å². The van der Waals surface area contributed by atoms with Crippen molar-refractivity contribution in [3.05, 3.63) is 48.0 Å². The summed E-state index contributed by atoms with van der Waals surface area (Å²) in [6.07, 6.45) is 4.68. The Kier molecular flexibility index (Phi) is 5.57. The van der Waals surface area contributed by atoms with Gasteiger partial charge in [-0.25, -0.2) is 4.98 Å². The van der Waals surface area contributed by atoms with Crippen LogP contribution < -0.4 is 10.2 Å². The Morgan fingerprint density at radius 1 is 1.18 bits per heavy atom. The van der Waals surface area contributed by atoms with E-state index in [2.05, 4.69) is 15.2 Å². The second-order valence-electron chi connectivity index (χ2n) is 6.94. The number of nitrogens with one attached hydrogen (secondary N) is 1. The molecule has 4 rings (SSSR count). The Hall–Kier alpha value is -2.87. The zero-order chi connectivity index (χ0) is 19.3. The number of morpholine rings is 1. The van der Waals surface area contributed by atoms with Gasteiger partial charge in [-0.3, -0.25) is 9.59 Å². The fraction of sp³-hybridized carbons (Fsp3) is 0.450. The van der Waals surface area contributed by atoms with Gasteiger partial charge < -0.3 is 24.3 Å². The van der Waals surface area contributed by atoms with Crippen molar-refractivity contribution in [2.45, 2.75) is 25.4 Å². The van der Waals surface area contributed by atoms with E-state index in [0.717, 1.165) is 30.9 Å². The maximum atomic E-state index is 12.8. The van der Waals surface area contributed by atoms with Crippen molar-refractivity contribution in [3.63, 3.8) is 0 Å². The molecule has 0 saturated carbocycles. The first kappa shape index (κ1) is 18.5. The number of nitrogens with zero attached hydrogens (tertiary/aromatic N) is 3. The van der Waals surface area contributed by atoms with Crippen LogP contribution in [0.2, 0.25) is 0 Å². The van der Waals surface area contributed by atoms with Crippen LogP contribution in [0.15, 0.2) is 41.1 Å². The van der Waals surface area contributed by atoms with Gasteiger partial charge in [-0.05, 0) is 31.0 Å². The van der Waals surface area contributed by atoms with Gasteiger partial charge in [-0.1, -0.05) is 6.07 Å². The standard InChI is InChI=1S/C20H24N4O4/c25-19(16-5-2-8-24(16)20(26)17-6-3-11-28-17)22-14-15-4-1-7-21-18(15)23-9-12-27-13-10-23/h1,3-4,6-7,11,16H,2,5,8-10,12-14H2,(H,22,25). The third-order valence-electron chi connectivity index (χ3n) is 5.18. The highest BCUT2D eigenvalue weighted by Gasteiger charge is 2.35. The van der Waals surface area contributed by atoms with Gasteiger partial charge in [0, 0.05) is 37.9 Å². The zero-order valence-electron chi connectivity index (χ0n) is 15.7. The quantitative estimate of drug-likeness (QED) is 0.839. The number of aromatic nitrogens is 1. The van der Waals surface area contributed by atoms with E-state index in [1.807, 2.05) is 12.1 Å². The smallest absolute Gasteiger partial charge is 0.290 e. The first-order valence-electron chi connectivity index (χ1n) is 9.63. The number of carbonyl (C=O) groups is 2. The minimum absolute atomic E-state index is 0.144. The zero-order valence-corrected chi connectivity index (χ0v) is 15.7. The lowest BCUT2D eigenvalue weighted by Gasteiger charge is -2.29. The summed E-state index contributed by atoms with van der Waals surface area (Å²) >= 11 is 0. The Balaban J connectivity index is 1.41. The summed E-state index contributed by atoms with van der Waals surface area (Å²) in [7, 11) is 0. The Bertz CT molecular complexity index is 817. The lowest BCUT2D eigenvalue weighted by molar-refractivity contribution is -0.125. The molecule has 2 saturated heterocycles. The van der Waals surface area contributed by atoms with E-state index >= 15 is 0 Å². The normalized spacial score (nSPS) is 19.6. The van der Waals surface area contributed by atoms with Gasteiger partial charge in [0.2, 0.25) is 5.91 Å². The second kappa shape index (κ2) is 8.43. The molecule has 1 atom stereocenters. The van der Waals surface area contributed by atoms with Crippen LogP contribution in [0.1, 0.15) is 29.0 Å². The molecule has 2 aromatic heterocycles. The number of hydrogen-bond donors (Lipinski definition) is 1. The van der Waals surface area contributed by atoms with E-state index in [-0.39, 0.29) is 17.6 Å². The molecule has 28 heavy (non-hydrogen) atoms. The summed E-state index contributed by atoms with van der Waals surface area (Å²) in [6, 6.07) is 6.67. The van der Waals surface area contributed by atoms with Gasteiger partial charge in [0.15, 0.2) is 5.76 Å². The summed E-state index contributed by atoms with van der Waals surface area (Å²) in [5.74, 6) is 0.759. The number of carbonyl (C=O) groups excluding carboxylic acids is 2. The van der Waals surface area contributed by atoms with Crippen molar-refractivity contribution in [2.24, 2.45) is 0 Å². The van der Waals surface area contributed by atoms with Gasteiger partial charge in [0.05, 0.1) is 19.5 Å². The number of rotatable bonds is 5. The van der Waals surface area contributed by atoms with Gasteiger partial charge in [0.25, 0.3) is 5.91 Å². The van der Waals surface area contributed by atoms with Gasteiger partial charge >= 0.3 is 0 Å². The highest BCUT2D eigenvalue weighted by Crippen LogP contribution is 2.22. The number of hydrogen-bond acceptors (Lipinski definition) is 6. The Labute approximate surface area is 163 Å². The highest BCUT2D eigenvalue weighted by atomic mass is 16.5. The number of furan rings is 1. The van der Waals surface area contributed by atoms with E-state index in [1.165, 1.54) is 6.26 Å².